The number of phenolic OH excluding ortho intramolecular Hbond substituents is 3. The maximum Gasteiger partial charge on any atom is 0.157 e. The molecule has 5 heteroatoms. The van der Waals surface area contributed by atoms with Crippen LogP contribution in [0.3, 0.4) is 0 Å². The Balaban J connectivity index is 1.31. The highest BCUT2D eigenvalue weighted by Gasteiger charge is 2.24. The minimum absolute atomic E-state index is 0.0175. The van der Waals surface area contributed by atoms with Crippen molar-refractivity contribution in [3.63, 3.8) is 0 Å². The summed E-state index contributed by atoms with van der Waals surface area (Å²) in [6.45, 7) is 7.93. The number of unbranched alkanes of at least 4 members (excludes halogenated alkanes) is 3. The molecule has 3 rings (SSSR count). The largest absolute Gasteiger partial charge is 0.508 e. The van der Waals surface area contributed by atoms with Crippen molar-refractivity contribution in [2.45, 2.75) is 70.8 Å². The Hall–Kier alpha value is -2.24. The minimum atomic E-state index is -0.0427. The van der Waals surface area contributed by atoms with Crippen molar-refractivity contribution >= 4 is 0 Å². The molecule has 1 saturated heterocycles. The lowest BCUT2D eigenvalue weighted by Gasteiger charge is -2.25. The molecule has 2 aromatic rings. The van der Waals surface area contributed by atoms with E-state index in [1.54, 1.807) is 18.2 Å². The van der Waals surface area contributed by atoms with E-state index in [0.29, 0.717) is 11.8 Å². The number of benzene rings is 2. The molecule has 182 valence electrons. The van der Waals surface area contributed by atoms with E-state index < -0.39 is 0 Å². The van der Waals surface area contributed by atoms with Crippen LogP contribution in [0.4, 0.5) is 0 Å². The van der Waals surface area contributed by atoms with Gasteiger partial charge >= 0.3 is 0 Å². The summed E-state index contributed by atoms with van der Waals surface area (Å²) in [5.74, 6) is 0.297. The van der Waals surface area contributed by atoms with Crippen molar-refractivity contribution in [1.82, 2.24) is 9.80 Å². The van der Waals surface area contributed by atoms with E-state index in [-0.39, 0.29) is 11.5 Å². The first-order valence-electron chi connectivity index (χ1n) is 12.8. The first kappa shape index (κ1) is 25.4. The summed E-state index contributed by atoms with van der Waals surface area (Å²) in [6.07, 6.45) is 10.6. The predicted octanol–water partition coefficient (Wildman–Crippen LogP) is 5.33. The van der Waals surface area contributed by atoms with Gasteiger partial charge in [0.25, 0.3) is 0 Å². The zero-order valence-electron chi connectivity index (χ0n) is 20.3. The van der Waals surface area contributed by atoms with Crippen LogP contribution in [0.25, 0.3) is 0 Å². The van der Waals surface area contributed by atoms with Crippen molar-refractivity contribution in [2.75, 3.05) is 32.7 Å². The first-order valence-corrected chi connectivity index (χ1v) is 12.8. The van der Waals surface area contributed by atoms with Crippen LogP contribution in [0.2, 0.25) is 0 Å². The number of likely N-dealkylation sites (tertiary alicyclic amines) is 1. The molecule has 5 nitrogen and oxygen atoms in total. The van der Waals surface area contributed by atoms with E-state index in [0.717, 1.165) is 44.6 Å². The molecule has 0 unspecified atom stereocenters. The zero-order chi connectivity index (χ0) is 23.5. The number of phenols is 3. The van der Waals surface area contributed by atoms with Gasteiger partial charge in [0.2, 0.25) is 0 Å². The average molecular weight is 455 g/mol. The second-order valence-electron chi connectivity index (χ2n) is 9.53. The van der Waals surface area contributed by atoms with Crippen molar-refractivity contribution in [3.8, 4) is 17.2 Å². The molecular formula is C28H42N2O3. The van der Waals surface area contributed by atoms with Crippen LogP contribution in [-0.4, -0.2) is 63.9 Å². The van der Waals surface area contributed by atoms with Crippen molar-refractivity contribution in [3.05, 3.63) is 53.6 Å². The number of rotatable bonds is 14. The van der Waals surface area contributed by atoms with Gasteiger partial charge in [-0.1, -0.05) is 38.0 Å². The van der Waals surface area contributed by atoms with Crippen molar-refractivity contribution in [1.29, 1.82) is 0 Å². The van der Waals surface area contributed by atoms with Gasteiger partial charge in [-0.3, -0.25) is 0 Å². The van der Waals surface area contributed by atoms with Gasteiger partial charge in [0.05, 0.1) is 0 Å². The fraction of sp³-hybridized carbons (Fsp3) is 0.571. The van der Waals surface area contributed by atoms with Gasteiger partial charge in [-0.25, -0.2) is 0 Å². The van der Waals surface area contributed by atoms with E-state index >= 15 is 0 Å². The number of aromatic hydroxyl groups is 3. The molecule has 1 atom stereocenters. The smallest absolute Gasteiger partial charge is 0.157 e. The van der Waals surface area contributed by atoms with Crippen LogP contribution >= 0.6 is 0 Å². The maximum atomic E-state index is 9.76. The van der Waals surface area contributed by atoms with Gasteiger partial charge in [-0.15, -0.1) is 0 Å². The summed E-state index contributed by atoms with van der Waals surface area (Å²) >= 11 is 0. The van der Waals surface area contributed by atoms with Crippen LogP contribution in [0.15, 0.2) is 42.5 Å². The quantitative estimate of drug-likeness (QED) is 0.266. The molecule has 0 amide bonds. The maximum absolute atomic E-state index is 9.76. The number of hydrogen-bond acceptors (Lipinski definition) is 5. The third-order valence-electron chi connectivity index (χ3n) is 6.85. The third-order valence-corrected chi connectivity index (χ3v) is 6.85. The molecule has 0 bridgehead atoms. The molecule has 2 aromatic carbocycles. The molecule has 0 aliphatic carbocycles. The van der Waals surface area contributed by atoms with Gasteiger partial charge in [-0.2, -0.15) is 0 Å². The van der Waals surface area contributed by atoms with E-state index in [4.69, 9.17) is 0 Å². The lowest BCUT2D eigenvalue weighted by molar-refractivity contribution is 0.242. The van der Waals surface area contributed by atoms with E-state index in [1.165, 1.54) is 57.1 Å². The Morgan fingerprint density at radius 1 is 0.879 bits per heavy atom. The van der Waals surface area contributed by atoms with E-state index in [1.807, 2.05) is 18.2 Å². The van der Waals surface area contributed by atoms with Crippen molar-refractivity contribution < 1.29 is 15.3 Å². The molecule has 0 radical (unpaired) electrons. The summed E-state index contributed by atoms with van der Waals surface area (Å²) in [5.41, 5.74) is 2.31. The normalized spacial score (nSPS) is 16.6. The number of nitrogens with zero attached hydrogens (tertiary/aromatic N) is 2. The number of hydrogen-bond donors (Lipinski definition) is 3. The SMILES string of the molecule is CCCN(CCCCCCN1CCC[C@@H]1Cc1ccc(O)c(O)c1)CCc1cccc(O)c1. The topological polar surface area (TPSA) is 67.2 Å². The Kier molecular flexibility index (Phi) is 10.4. The van der Waals surface area contributed by atoms with Crippen molar-refractivity contribution in [2.24, 2.45) is 0 Å². The second kappa shape index (κ2) is 13.5. The summed E-state index contributed by atoms with van der Waals surface area (Å²) in [5, 5.41) is 28.9. The van der Waals surface area contributed by atoms with Crippen LogP contribution < -0.4 is 0 Å². The van der Waals surface area contributed by atoms with Gasteiger partial charge in [0.15, 0.2) is 11.5 Å². The van der Waals surface area contributed by atoms with E-state index in [9.17, 15) is 15.3 Å². The average Bonchev–Trinajstić information content (AvgIpc) is 3.23. The Bertz CT molecular complexity index is 842. The fourth-order valence-electron chi connectivity index (χ4n) is 5.04. The molecule has 1 heterocycles. The Labute approximate surface area is 199 Å². The summed E-state index contributed by atoms with van der Waals surface area (Å²) in [7, 11) is 0. The molecule has 1 fully saturated rings. The van der Waals surface area contributed by atoms with Gasteiger partial charge in [-0.05, 0) is 107 Å². The van der Waals surface area contributed by atoms with Gasteiger partial charge < -0.3 is 25.1 Å². The van der Waals surface area contributed by atoms with E-state index in [2.05, 4.69) is 22.8 Å². The first-order chi connectivity index (χ1) is 16.0. The monoisotopic (exact) mass is 454 g/mol. The summed E-state index contributed by atoms with van der Waals surface area (Å²) in [6, 6.07) is 13.4. The predicted molar refractivity (Wildman–Crippen MR) is 135 cm³/mol. The molecule has 0 aromatic heterocycles. The second-order valence-corrected chi connectivity index (χ2v) is 9.53. The molecule has 33 heavy (non-hydrogen) atoms. The highest BCUT2D eigenvalue weighted by molar-refractivity contribution is 5.40. The molecule has 0 saturated carbocycles. The Morgan fingerprint density at radius 3 is 2.52 bits per heavy atom. The standard InChI is InChI=1S/C28H42N2O3/c1-2-15-29(19-14-23-9-7-11-26(31)21-23)16-5-3-4-6-17-30-18-8-10-25(30)20-24-12-13-27(32)28(33)22-24/h7,9,11-13,21-22,25,31-33H,2-6,8,10,14-20H2,1H3/t25-/m1/s1. The van der Waals surface area contributed by atoms with Crippen LogP contribution in [0, 0.1) is 0 Å². The van der Waals surface area contributed by atoms with Crippen LogP contribution in [0.5, 0.6) is 17.2 Å². The molecular weight excluding hydrogens is 412 g/mol. The fourth-order valence-corrected chi connectivity index (χ4v) is 5.04. The van der Waals surface area contributed by atoms with Crippen LogP contribution in [-0.2, 0) is 12.8 Å². The molecule has 1 aliphatic heterocycles. The molecule has 1 aliphatic rings. The Morgan fingerprint density at radius 2 is 1.73 bits per heavy atom. The summed E-state index contributed by atoms with van der Waals surface area (Å²) < 4.78 is 0. The molecule has 0 spiro atoms. The van der Waals surface area contributed by atoms with Gasteiger partial charge in [0, 0.05) is 12.6 Å². The summed E-state index contributed by atoms with van der Waals surface area (Å²) in [4.78, 5) is 5.18. The van der Waals surface area contributed by atoms with Gasteiger partial charge in [0.1, 0.15) is 5.75 Å². The third kappa shape index (κ3) is 8.56. The minimum Gasteiger partial charge on any atom is -0.508 e. The zero-order valence-corrected chi connectivity index (χ0v) is 20.3. The lowest BCUT2D eigenvalue weighted by Crippen LogP contribution is -2.32. The van der Waals surface area contributed by atoms with Crippen LogP contribution in [0.1, 0.15) is 63.0 Å². The highest BCUT2D eigenvalue weighted by atomic mass is 16.3. The highest BCUT2D eigenvalue weighted by Crippen LogP contribution is 2.28. The lowest BCUT2D eigenvalue weighted by atomic mass is 10.0. The molecule has 3 N–H and O–H groups in total.